The van der Waals surface area contributed by atoms with Crippen LogP contribution in [0.4, 0.5) is 0 Å². The highest BCUT2D eigenvalue weighted by atomic mass is 32.2. The van der Waals surface area contributed by atoms with E-state index in [2.05, 4.69) is 4.90 Å². The Morgan fingerprint density at radius 3 is 2.56 bits per heavy atom. The van der Waals surface area contributed by atoms with Gasteiger partial charge >= 0.3 is 5.97 Å². The molecule has 150 valence electrons. The van der Waals surface area contributed by atoms with Crippen LogP contribution < -0.4 is 0 Å². The lowest BCUT2D eigenvalue weighted by atomic mass is 9.97. The van der Waals surface area contributed by atoms with Crippen molar-refractivity contribution in [1.82, 2.24) is 4.90 Å². The minimum Gasteiger partial charge on any atom is -0.461 e. The Balaban J connectivity index is 1.56. The molecule has 27 heavy (non-hydrogen) atoms. The SMILES string of the molecule is O=C(CCN1CCOCC1)OC1CCCCC1S(=O)(=O)Cc1ccccc1. The van der Waals surface area contributed by atoms with Gasteiger partial charge in [-0.05, 0) is 24.8 Å². The quantitative estimate of drug-likeness (QED) is 0.659. The molecule has 1 aliphatic carbocycles. The number of benzene rings is 1. The van der Waals surface area contributed by atoms with Crippen LogP contribution in [0.3, 0.4) is 0 Å². The number of sulfone groups is 1. The normalized spacial score (nSPS) is 24.4. The minimum atomic E-state index is -3.37. The Morgan fingerprint density at radius 1 is 1.11 bits per heavy atom. The third-order valence-electron chi connectivity index (χ3n) is 5.33. The van der Waals surface area contributed by atoms with Gasteiger partial charge in [-0.25, -0.2) is 8.42 Å². The number of hydrogen-bond acceptors (Lipinski definition) is 6. The van der Waals surface area contributed by atoms with E-state index in [1.807, 2.05) is 30.3 Å². The molecule has 0 spiro atoms. The number of carbonyl (C=O) groups is 1. The summed E-state index contributed by atoms with van der Waals surface area (Å²) in [5, 5.41) is -0.598. The summed E-state index contributed by atoms with van der Waals surface area (Å²) in [5.41, 5.74) is 0.778. The second-order valence-corrected chi connectivity index (χ2v) is 9.57. The van der Waals surface area contributed by atoms with E-state index in [0.717, 1.165) is 31.5 Å². The molecular formula is C20H29NO5S. The first-order chi connectivity index (χ1) is 13.0. The van der Waals surface area contributed by atoms with Crippen molar-refractivity contribution >= 4 is 15.8 Å². The van der Waals surface area contributed by atoms with Gasteiger partial charge < -0.3 is 9.47 Å². The first-order valence-corrected chi connectivity index (χ1v) is 11.5. The van der Waals surface area contributed by atoms with Gasteiger partial charge in [0.05, 0.1) is 30.6 Å². The van der Waals surface area contributed by atoms with Crippen LogP contribution in [0.2, 0.25) is 0 Å². The molecule has 3 rings (SSSR count). The molecule has 6 nitrogen and oxygen atoms in total. The van der Waals surface area contributed by atoms with Gasteiger partial charge in [-0.2, -0.15) is 0 Å². The zero-order chi connectivity index (χ0) is 19.1. The molecule has 1 saturated carbocycles. The molecule has 0 amide bonds. The molecule has 1 saturated heterocycles. The average molecular weight is 396 g/mol. The number of hydrogen-bond donors (Lipinski definition) is 0. The fraction of sp³-hybridized carbons (Fsp3) is 0.650. The van der Waals surface area contributed by atoms with Crippen LogP contribution in [-0.4, -0.2) is 63.5 Å². The van der Waals surface area contributed by atoms with Crippen molar-refractivity contribution in [3.05, 3.63) is 35.9 Å². The predicted octanol–water partition coefficient (Wildman–Crippen LogP) is 2.18. The van der Waals surface area contributed by atoms with Gasteiger partial charge in [0.1, 0.15) is 6.10 Å². The molecule has 7 heteroatoms. The van der Waals surface area contributed by atoms with Crippen LogP contribution in [-0.2, 0) is 29.9 Å². The number of esters is 1. The molecule has 0 N–H and O–H groups in total. The van der Waals surface area contributed by atoms with Crippen molar-refractivity contribution in [2.75, 3.05) is 32.8 Å². The lowest BCUT2D eigenvalue weighted by molar-refractivity contribution is -0.150. The van der Waals surface area contributed by atoms with E-state index in [0.29, 0.717) is 39.0 Å². The van der Waals surface area contributed by atoms with Crippen molar-refractivity contribution in [2.45, 2.75) is 49.2 Å². The Bertz CT molecular complexity index is 700. The van der Waals surface area contributed by atoms with Gasteiger partial charge in [0, 0.05) is 19.6 Å². The first-order valence-electron chi connectivity index (χ1n) is 9.80. The molecule has 0 aromatic heterocycles. The molecule has 2 fully saturated rings. The zero-order valence-corrected chi connectivity index (χ0v) is 16.5. The monoisotopic (exact) mass is 395 g/mol. The van der Waals surface area contributed by atoms with Crippen LogP contribution in [0.15, 0.2) is 30.3 Å². The Kier molecular flexibility index (Phi) is 7.26. The molecule has 1 aromatic carbocycles. The van der Waals surface area contributed by atoms with E-state index in [9.17, 15) is 13.2 Å². The maximum atomic E-state index is 12.9. The van der Waals surface area contributed by atoms with Gasteiger partial charge in [-0.1, -0.05) is 36.8 Å². The Morgan fingerprint density at radius 2 is 1.81 bits per heavy atom. The van der Waals surface area contributed by atoms with Gasteiger partial charge in [0.25, 0.3) is 0 Å². The summed E-state index contributed by atoms with van der Waals surface area (Å²) < 4.78 is 36.8. The number of carbonyl (C=O) groups excluding carboxylic acids is 1. The summed E-state index contributed by atoms with van der Waals surface area (Å²) in [4.78, 5) is 14.5. The lowest BCUT2D eigenvalue weighted by Gasteiger charge is -2.31. The van der Waals surface area contributed by atoms with Crippen LogP contribution in [0.25, 0.3) is 0 Å². The Labute approximate surface area is 161 Å². The first kappa shape index (κ1) is 20.3. The van der Waals surface area contributed by atoms with Crippen molar-refractivity contribution < 1.29 is 22.7 Å². The van der Waals surface area contributed by atoms with Crippen LogP contribution in [0.5, 0.6) is 0 Å². The maximum absolute atomic E-state index is 12.9. The summed E-state index contributed by atoms with van der Waals surface area (Å²) in [6.07, 6.45) is 2.73. The molecule has 2 unspecified atom stereocenters. The molecule has 2 aliphatic rings. The summed E-state index contributed by atoms with van der Waals surface area (Å²) in [5.74, 6) is -0.298. The van der Waals surface area contributed by atoms with E-state index < -0.39 is 21.2 Å². The maximum Gasteiger partial charge on any atom is 0.307 e. The average Bonchev–Trinajstić information content (AvgIpc) is 2.68. The highest BCUT2D eigenvalue weighted by Crippen LogP contribution is 2.29. The highest BCUT2D eigenvalue weighted by molar-refractivity contribution is 7.91. The van der Waals surface area contributed by atoms with Crippen molar-refractivity contribution in [2.24, 2.45) is 0 Å². The predicted molar refractivity (Wildman–Crippen MR) is 103 cm³/mol. The molecule has 0 radical (unpaired) electrons. The molecular weight excluding hydrogens is 366 g/mol. The molecule has 2 atom stereocenters. The van der Waals surface area contributed by atoms with E-state index in [1.165, 1.54) is 0 Å². The summed E-state index contributed by atoms with van der Waals surface area (Å²) >= 11 is 0. The third-order valence-corrected chi connectivity index (χ3v) is 7.53. The van der Waals surface area contributed by atoms with E-state index in [1.54, 1.807) is 0 Å². The molecule has 0 bridgehead atoms. The van der Waals surface area contributed by atoms with Crippen LogP contribution >= 0.6 is 0 Å². The van der Waals surface area contributed by atoms with Crippen LogP contribution in [0.1, 0.15) is 37.7 Å². The van der Waals surface area contributed by atoms with E-state index in [-0.39, 0.29) is 11.7 Å². The zero-order valence-electron chi connectivity index (χ0n) is 15.7. The summed E-state index contributed by atoms with van der Waals surface area (Å²) in [6.45, 7) is 3.67. The van der Waals surface area contributed by atoms with E-state index >= 15 is 0 Å². The fourth-order valence-electron chi connectivity index (χ4n) is 3.82. The molecule has 1 heterocycles. The molecule has 1 aliphatic heterocycles. The lowest BCUT2D eigenvalue weighted by Crippen LogP contribution is -2.41. The van der Waals surface area contributed by atoms with Crippen LogP contribution in [0, 0.1) is 0 Å². The standard InChI is InChI=1S/C20H29NO5S/c22-20(10-11-21-12-14-25-15-13-21)26-18-8-4-5-9-19(18)27(23,24)16-17-6-2-1-3-7-17/h1-3,6-7,18-19H,4-5,8-16H2. The number of ether oxygens (including phenoxy) is 2. The smallest absolute Gasteiger partial charge is 0.307 e. The number of rotatable bonds is 7. The number of morpholine rings is 1. The largest absolute Gasteiger partial charge is 0.461 e. The summed E-state index contributed by atoms with van der Waals surface area (Å²) in [7, 11) is -3.37. The van der Waals surface area contributed by atoms with Crippen molar-refractivity contribution in [1.29, 1.82) is 0 Å². The Hall–Kier alpha value is -1.44. The topological polar surface area (TPSA) is 72.9 Å². The molecule has 1 aromatic rings. The van der Waals surface area contributed by atoms with Crippen molar-refractivity contribution in [3.8, 4) is 0 Å². The van der Waals surface area contributed by atoms with Crippen molar-refractivity contribution in [3.63, 3.8) is 0 Å². The van der Waals surface area contributed by atoms with Gasteiger partial charge in [-0.3, -0.25) is 9.69 Å². The summed E-state index contributed by atoms with van der Waals surface area (Å²) in [6, 6.07) is 9.20. The van der Waals surface area contributed by atoms with E-state index in [4.69, 9.17) is 9.47 Å². The second-order valence-electron chi connectivity index (χ2n) is 7.35. The van der Waals surface area contributed by atoms with Gasteiger partial charge in [-0.15, -0.1) is 0 Å². The second kappa shape index (κ2) is 9.66. The van der Waals surface area contributed by atoms with Gasteiger partial charge in [0.15, 0.2) is 9.84 Å². The number of nitrogens with zero attached hydrogens (tertiary/aromatic N) is 1. The van der Waals surface area contributed by atoms with Gasteiger partial charge in [0.2, 0.25) is 0 Å². The minimum absolute atomic E-state index is 0.000332. The third kappa shape index (κ3) is 6.02. The fourth-order valence-corrected chi connectivity index (χ4v) is 5.88. The highest BCUT2D eigenvalue weighted by Gasteiger charge is 2.37.